The number of rotatable bonds is 6. The van der Waals surface area contributed by atoms with Gasteiger partial charge in [-0.2, -0.15) is 0 Å². The third-order valence-corrected chi connectivity index (χ3v) is 5.71. The molecule has 4 aromatic rings. The summed E-state index contributed by atoms with van der Waals surface area (Å²) in [4.78, 5) is 24.0. The number of carboxylic acid groups (broad SMARTS) is 2. The lowest BCUT2D eigenvalue weighted by molar-refractivity contribution is 0.0686. The van der Waals surface area contributed by atoms with Crippen molar-refractivity contribution in [3.05, 3.63) is 119 Å². The smallest absolute Gasteiger partial charge is 0.335 e. The van der Waals surface area contributed by atoms with Gasteiger partial charge in [-0.25, -0.2) is 9.59 Å². The minimum atomic E-state index is -1.04. The molecule has 0 aliphatic carbocycles. The fourth-order valence-corrected chi connectivity index (χ4v) is 4.02. The predicted octanol–water partition coefficient (Wildman–Crippen LogP) is 6.57. The van der Waals surface area contributed by atoms with Gasteiger partial charge in [-0.15, -0.1) is 0 Å². The molecule has 0 spiro atoms. The highest BCUT2D eigenvalue weighted by atomic mass is 16.4. The van der Waals surface area contributed by atoms with E-state index in [0.717, 1.165) is 22.3 Å². The Balaban J connectivity index is 1.88. The number of hydrogen-bond acceptors (Lipinski definition) is 2. The molecule has 0 aromatic heterocycles. The molecule has 4 nitrogen and oxygen atoms in total. The fourth-order valence-electron chi connectivity index (χ4n) is 4.02. The molecule has 0 fully saturated rings. The van der Waals surface area contributed by atoms with E-state index in [9.17, 15) is 19.8 Å². The van der Waals surface area contributed by atoms with Crippen LogP contribution >= 0.6 is 0 Å². The molecule has 2 N–H and O–H groups in total. The summed E-state index contributed by atoms with van der Waals surface area (Å²) in [6, 6.07) is 29.9. The van der Waals surface area contributed by atoms with Crippen molar-refractivity contribution >= 4 is 11.9 Å². The molecule has 0 amide bonds. The van der Waals surface area contributed by atoms with Gasteiger partial charge in [0, 0.05) is 5.92 Å². The van der Waals surface area contributed by atoms with Crippen molar-refractivity contribution in [3.63, 3.8) is 0 Å². The average Bonchev–Trinajstić information content (AvgIpc) is 2.83. The fraction of sp³-hybridized carbons (Fsp3) is 0.0714. The van der Waals surface area contributed by atoms with E-state index in [-0.39, 0.29) is 11.1 Å². The topological polar surface area (TPSA) is 74.6 Å². The zero-order valence-corrected chi connectivity index (χ0v) is 17.5. The molecule has 158 valence electrons. The van der Waals surface area contributed by atoms with Crippen molar-refractivity contribution in [2.24, 2.45) is 0 Å². The van der Waals surface area contributed by atoms with Crippen molar-refractivity contribution in [2.75, 3.05) is 0 Å². The van der Waals surface area contributed by atoms with E-state index < -0.39 is 17.9 Å². The largest absolute Gasteiger partial charge is 0.478 e. The van der Waals surface area contributed by atoms with Crippen LogP contribution in [0.4, 0.5) is 0 Å². The first-order chi connectivity index (χ1) is 15.5. The molecular weight excluding hydrogens is 400 g/mol. The van der Waals surface area contributed by atoms with Crippen LogP contribution in [0.25, 0.3) is 22.3 Å². The molecule has 0 bridgehead atoms. The van der Waals surface area contributed by atoms with E-state index in [1.807, 2.05) is 79.7 Å². The predicted molar refractivity (Wildman–Crippen MR) is 125 cm³/mol. The van der Waals surface area contributed by atoms with Gasteiger partial charge in [-0.05, 0) is 57.6 Å². The number of hydrogen-bond donors (Lipinski definition) is 2. The summed E-state index contributed by atoms with van der Waals surface area (Å²) in [6.07, 6.45) is 0. The molecule has 0 saturated carbocycles. The summed E-state index contributed by atoms with van der Waals surface area (Å²) in [5.74, 6) is -2.52. The highest BCUT2D eigenvalue weighted by Crippen LogP contribution is 2.35. The Morgan fingerprint density at radius 1 is 0.562 bits per heavy atom. The molecule has 0 unspecified atom stereocenters. The van der Waals surface area contributed by atoms with Gasteiger partial charge in [0.1, 0.15) is 0 Å². The van der Waals surface area contributed by atoms with E-state index in [1.54, 1.807) is 24.3 Å². The van der Waals surface area contributed by atoms with Crippen LogP contribution in [0.5, 0.6) is 0 Å². The Morgan fingerprint density at radius 3 is 1.28 bits per heavy atom. The Hall–Kier alpha value is -4.18. The number of carbonyl (C=O) groups is 2. The number of carboxylic acids is 2. The first-order valence-electron chi connectivity index (χ1n) is 10.3. The van der Waals surface area contributed by atoms with E-state index in [1.165, 1.54) is 0 Å². The summed E-state index contributed by atoms with van der Waals surface area (Å²) < 4.78 is 0. The van der Waals surface area contributed by atoms with Gasteiger partial charge in [0.25, 0.3) is 0 Å². The molecule has 0 saturated heterocycles. The summed E-state index contributed by atoms with van der Waals surface area (Å²) in [5.41, 5.74) is 5.18. The van der Waals surface area contributed by atoms with Gasteiger partial charge in [0.05, 0.1) is 11.1 Å². The summed E-state index contributed by atoms with van der Waals surface area (Å²) in [5, 5.41) is 19.6. The molecule has 4 heteroatoms. The quantitative estimate of drug-likeness (QED) is 0.369. The monoisotopic (exact) mass is 422 g/mol. The first-order valence-corrected chi connectivity index (χ1v) is 10.3. The van der Waals surface area contributed by atoms with Crippen LogP contribution in [0.2, 0.25) is 0 Å². The number of aromatic carboxylic acids is 2. The van der Waals surface area contributed by atoms with Gasteiger partial charge in [0.2, 0.25) is 0 Å². The van der Waals surface area contributed by atoms with Gasteiger partial charge >= 0.3 is 11.9 Å². The van der Waals surface area contributed by atoms with Gasteiger partial charge < -0.3 is 10.2 Å². The van der Waals surface area contributed by atoms with Crippen molar-refractivity contribution in [1.82, 2.24) is 0 Å². The minimum Gasteiger partial charge on any atom is -0.478 e. The zero-order chi connectivity index (χ0) is 22.7. The maximum absolute atomic E-state index is 12.0. The van der Waals surface area contributed by atoms with Crippen molar-refractivity contribution in [3.8, 4) is 22.3 Å². The maximum atomic E-state index is 12.0. The van der Waals surface area contributed by atoms with Crippen LogP contribution in [0, 0.1) is 0 Å². The molecule has 4 aromatic carbocycles. The van der Waals surface area contributed by atoms with Crippen LogP contribution < -0.4 is 0 Å². The molecule has 4 rings (SSSR count). The first kappa shape index (κ1) is 21.1. The molecular formula is C28H22O4. The van der Waals surface area contributed by atoms with Crippen molar-refractivity contribution in [1.29, 1.82) is 0 Å². The lowest BCUT2D eigenvalue weighted by Crippen LogP contribution is -2.11. The second-order valence-corrected chi connectivity index (χ2v) is 7.67. The Labute approximate surface area is 186 Å². The van der Waals surface area contributed by atoms with E-state index in [4.69, 9.17) is 0 Å². The summed E-state index contributed by atoms with van der Waals surface area (Å²) >= 11 is 0. The van der Waals surface area contributed by atoms with Gasteiger partial charge in [-0.3, -0.25) is 0 Å². The maximum Gasteiger partial charge on any atom is 0.335 e. The molecule has 0 atom stereocenters. The SMILES string of the molecule is CC(c1cc(-c2ccccc2)ccc1C(=O)O)c1cc(-c2ccccc2)ccc1C(=O)O. The second kappa shape index (κ2) is 8.90. The molecule has 0 heterocycles. The van der Waals surface area contributed by atoms with Gasteiger partial charge in [0.15, 0.2) is 0 Å². The third-order valence-electron chi connectivity index (χ3n) is 5.71. The van der Waals surface area contributed by atoms with E-state index in [0.29, 0.717) is 11.1 Å². The highest BCUT2D eigenvalue weighted by molar-refractivity contribution is 5.93. The zero-order valence-electron chi connectivity index (χ0n) is 17.5. The second-order valence-electron chi connectivity index (χ2n) is 7.67. The molecule has 0 radical (unpaired) electrons. The number of benzene rings is 4. The van der Waals surface area contributed by atoms with Crippen LogP contribution in [-0.4, -0.2) is 22.2 Å². The minimum absolute atomic E-state index is 0.165. The molecule has 0 aliphatic heterocycles. The normalized spacial score (nSPS) is 10.8. The highest BCUT2D eigenvalue weighted by Gasteiger charge is 2.23. The van der Waals surface area contributed by atoms with Crippen LogP contribution in [0.15, 0.2) is 97.1 Å². The molecule has 0 aliphatic rings. The standard InChI is InChI=1S/C28H22O4/c1-18(25-16-21(12-14-23(25)27(29)30)19-8-4-2-5-9-19)26-17-22(13-15-24(26)28(31)32)20-10-6-3-7-11-20/h2-18H,1H3,(H,29,30)(H,31,32). The van der Waals surface area contributed by atoms with Gasteiger partial charge in [-0.1, -0.05) is 79.7 Å². The van der Waals surface area contributed by atoms with E-state index >= 15 is 0 Å². The Morgan fingerprint density at radius 2 is 0.938 bits per heavy atom. The Kier molecular flexibility index (Phi) is 5.86. The van der Waals surface area contributed by atoms with Crippen LogP contribution in [0.1, 0.15) is 44.7 Å². The lowest BCUT2D eigenvalue weighted by Gasteiger charge is -2.20. The average molecular weight is 422 g/mol. The van der Waals surface area contributed by atoms with Crippen molar-refractivity contribution < 1.29 is 19.8 Å². The lowest BCUT2D eigenvalue weighted by atomic mass is 9.84. The van der Waals surface area contributed by atoms with Crippen LogP contribution in [-0.2, 0) is 0 Å². The molecule has 32 heavy (non-hydrogen) atoms. The third kappa shape index (κ3) is 4.16. The van der Waals surface area contributed by atoms with E-state index in [2.05, 4.69) is 0 Å². The summed E-state index contributed by atoms with van der Waals surface area (Å²) in [6.45, 7) is 1.85. The summed E-state index contributed by atoms with van der Waals surface area (Å²) in [7, 11) is 0. The van der Waals surface area contributed by atoms with Crippen molar-refractivity contribution in [2.45, 2.75) is 12.8 Å². The Bertz CT molecular complexity index is 1180. The van der Waals surface area contributed by atoms with Crippen LogP contribution in [0.3, 0.4) is 0 Å².